The summed E-state index contributed by atoms with van der Waals surface area (Å²) in [6.07, 6.45) is 1.84. The Bertz CT molecular complexity index is 856. The molecule has 0 atom stereocenters. The number of oxazole rings is 1. The summed E-state index contributed by atoms with van der Waals surface area (Å²) in [5, 5.41) is 3.10. The van der Waals surface area contributed by atoms with Crippen LogP contribution in [0.2, 0.25) is 0 Å². The molecule has 2 heterocycles. The number of rotatable bonds is 6. The van der Waals surface area contributed by atoms with E-state index < -0.39 is 0 Å². The van der Waals surface area contributed by atoms with Gasteiger partial charge in [-0.1, -0.05) is 0 Å². The first-order valence-electron chi connectivity index (χ1n) is 8.16. The smallest absolute Gasteiger partial charge is 0.226 e. The molecule has 3 aromatic rings. The topological polar surface area (TPSA) is 51.4 Å². The number of benzene rings is 1. The molecule has 2 aromatic heterocycles. The SMILES string of the molecule is COc1cc(C)c(-c2nc(CN(C)Cc3nccs3)c(C)o2)cc1C. The van der Waals surface area contributed by atoms with Gasteiger partial charge < -0.3 is 9.15 Å². The fourth-order valence-electron chi connectivity index (χ4n) is 2.80. The molecule has 0 aliphatic heterocycles. The van der Waals surface area contributed by atoms with Gasteiger partial charge in [0.2, 0.25) is 5.89 Å². The number of methoxy groups -OCH3 is 1. The second-order valence-electron chi connectivity index (χ2n) is 6.26. The Morgan fingerprint density at radius 2 is 1.96 bits per heavy atom. The van der Waals surface area contributed by atoms with E-state index in [0.29, 0.717) is 5.89 Å². The number of thiazole rings is 1. The van der Waals surface area contributed by atoms with E-state index in [4.69, 9.17) is 14.1 Å². The molecule has 132 valence electrons. The molecule has 0 saturated carbocycles. The van der Waals surface area contributed by atoms with Crippen molar-refractivity contribution in [1.29, 1.82) is 0 Å². The summed E-state index contributed by atoms with van der Waals surface area (Å²) >= 11 is 1.67. The Labute approximate surface area is 152 Å². The van der Waals surface area contributed by atoms with E-state index in [0.717, 1.165) is 52.0 Å². The summed E-state index contributed by atoms with van der Waals surface area (Å²) in [5.74, 6) is 2.40. The van der Waals surface area contributed by atoms with Crippen molar-refractivity contribution in [2.45, 2.75) is 33.9 Å². The van der Waals surface area contributed by atoms with Gasteiger partial charge in [-0.25, -0.2) is 9.97 Å². The zero-order valence-electron chi connectivity index (χ0n) is 15.3. The van der Waals surface area contributed by atoms with E-state index in [9.17, 15) is 0 Å². The van der Waals surface area contributed by atoms with Gasteiger partial charge in [0.1, 0.15) is 16.5 Å². The zero-order valence-corrected chi connectivity index (χ0v) is 16.1. The Morgan fingerprint density at radius 1 is 1.16 bits per heavy atom. The standard InChI is InChI=1S/C19H23N3O2S/c1-12-9-17(23-5)13(2)8-15(12)19-21-16(14(3)24-19)10-22(4)11-18-20-6-7-25-18/h6-9H,10-11H2,1-5H3. The van der Waals surface area contributed by atoms with Gasteiger partial charge in [-0.15, -0.1) is 11.3 Å². The van der Waals surface area contributed by atoms with Gasteiger partial charge in [-0.2, -0.15) is 0 Å². The van der Waals surface area contributed by atoms with Gasteiger partial charge in [0.05, 0.1) is 19.3 Å². The molecule has 25 heavy (non-hydrogen) atoms. The van der Waals surface area contributed by atoms with Crippen LogP contribution in [0.15, 0.2) is 28.1 Å². The lowest BCUT2D eigenvalue weighted by Crippen LogP contribution is -2.17. The summed E-state index contributed by atoms with van der Waals surface area (Å²) < 4.78 is 11.3. The lowest BCUT2D eigenvalue weighted by atomic mass is 10.0. The molecule has 0 amide bonds. The van der Waals surface area contributed by atoms with Crippen molar-refractivity contribution in [3.8, 4) is 17.2 Å². The lowest BCUT2D eigenvalue weighted by molar-refractivity contribution is 0.313. The quantitative estimate of drug-likeness (QED) is 0.656. The summed E-state index contributed by atoms with van der Waals surface area (Å²) in [4.78, 5) is 11.3. The van der Waals surface area contributed by atoms with Crippen LogP contribution in [0.4, 0.5) is 0 Å². The number of ether oxygens (including phenoxy) is 1. The van der Waals surface area contributed by atoms with Crippen molar-refractivity contribution in [1.82, 2.24) is 14.9 Å². The molecule has 3 rings (SSSR count). The highest BCUT2D eigenvalue weighted by molar-refractivity contribution is 7.09. The third-order valence-electron chi connectivity index (χ3n) is 4.17. The van der Waals surface area contributed by atoms with E-state index in [1.165, 1.54) is 0 Å². The molecule has 6 heteroatoms. The molecule has 0 saturated heterocycles. The minimum absolute atomic E-state index is 0.665. The van der Waals surface area contributed by atoms with E-state index >= 15 is 0 Å². The molecule has 0 bridgehead atoms. The Hall–Kier alpha value is -2.18. The molecule has 0 aliphatic rings. The minimum atomic E-state index is 0.665. The van der Waals surface area contributed by atoms with Crippen LogP contribution in [0.1, 0.15) is 27.6 Å². The number of nitrogens with zero attached hydrogens (tertiary/aromatic N) is 3. The van der Waals surface area contributed by atoms with Crippen LogP contribution < -0.4 is 4.74 Å². The van der Waals surface area contributed by atoms with Crippen molar-refractivity contribution in [3.05, 3.63) is 51.3 Å². The molecule has 5 nitrogen and oxygen atoms in total. The Morgan fingerprint density at radius 3 is 2.64 bits per heavy atom. The summed E-state index contributed by atoms with van der Waals surface area (Å²) in [5.41, 5.74) is 4.13. The molecule has 0 fully saturated rings. The number of hydrogen-bond donors (Lipinski definition) is 0. The molecule has 0 radical (unpaired) electrons. The van der Waals surface area contributed by atoms with E-state index in [-0.39, 0.29) is 0 Å². The van der Waals surface area contributed by atoms with E-state index in [1.54, 1.807) is 18.4 Å². The fraction of sp³-hybridized carbons (Fsp3) is 0.368. The highest BCUT2D eigenvalue weighted by Crippen LogP contribution is 2.31. The second kappa shape index (κ2) is 7.37. The number of aromatic nitrogens is 2. The van der Waals surface area contributed by atoms with Crippen LogP contribution in [0, 0.1) is 20.8 Å². The van der Waals surface area contributed by atoms with Crippen molar-refractivity contribution in [3.63, 3.8) is 0 Å². The van der Waals surface area contributed by atoms with E-state index in [2.05, 4.69) is 23.0 Å². The van der Waals surface area contributed by atoms with Crippen molar-refractivity contribution < 1.29 is 9.15 Å². The van der Waals surface area contributed by atoms with Crippen molar-refractivity contribution in [2.24, 2.45) is 0 Å². The lowest BCUT2D eigenvalue weighted by Gasteiger charge is -2.13. The largest absolute Gasteiger partial charge is 0.496 e. The summed E-state index contributed by atoms with van der Waals surface area (Å²) in [6, 6.07) is 4.10. The second-order valence-corrected chi connectivity index (χ2v) is 7.24. The first kappa shape index (κ1) is 17.6. The van der Waals surface area contributed by atoms with Crippen molar-refractivity contribution in [2.75, 3.05) is 14.2 Å². The molecule has 0 unspecified atom stereocenters. The van der Waals surface area contributed by atoms with Crippen LogP contribution in [-0.4, -0.2) is 29.0 Å². The maximum Gasteiger partial charge on any atom is 0.226 e. The predicted molar refractivity (Wildman–Crippen MR) is 100.0 cm³/mol. The molecule has 0 aliphatic carbocycles. The molecule has 1 aromatic carbocycles. The van der Waals surface area contributed by atoms with Crippen LogP contribution in [-0.2, 0) is 13.1 Å². The van der Waals surface area contributed by atoms with Gasteiger partial charge in [0.25, 0.3) is 0 Å². The van der Waals surface area contributed by atoms with Gasteiger partial charge >= 0.3 is 0 Å². The van der Waals surface area contributed by atoms with Gasteiger partial charge in [0, 0.05) is 23.7 Å². The number of aryl methyl sites for hydroxylation is 3. The maximum absolute atomic E-state index is 5.95. The van der Waals surface area contributed by atoms with Gasteiger partial charge in [-0.3, -0.25) is 4.90 Å². The van der Waals surface area contributed by atoms with Crippen LogP contribution in [0.3, 0.4) is 0 Å². The van der Waals surface area contributed by atoms with E-state index in [1.807, 2.05) is 38.4 Å². The highest BCUT2D eigenvalue weighted by atomic mass is 32.1. The van der Waals surface area contributed by atoms with Gasteiger partial charge in [-0.05, 0) is 51.1 Å². The Balaban J connectivity index is 1.81. The monoisotopic (exact) mass is 357 g/mol. The first-order valence-corrected chi connectivity index (χ1v) is 9.04. The van der Waals surface area contributed by atoms with Crippen molar-refractivity contribution >= 4 is 11.3 Å². The minimum Gasteiger partial charge on any atom is -0.496 e. The highest BCUT2D eigenvalue weighted by Gasteiger charge is 2.16. The summed E-state index contributed by atoms with van der Waals surface area (Å²) in [7, 11) is 3.76. The molecule has 0 spiro atoms. The average molecular weight is 357 g/mol. The van der Waals surface area contributed by atoms with Crippen LogP contribution >= 0.6 is 11.3 Å². The maximum atomic E-state index is 5.95. The third kappa shape index (κ3) is 3.91. The molecular weight excluding hydrogens is 334 g/mol. The first-order chi connectivity index (χ1) is 12.0. The molecule has 0 N–H and O–H groups in total. The Kier molecular flexibility index (Phi) is 5.20. The van der Waals surface area contributed by atoms with Crippen LogP contribution in [0.5, 0.6) is 5.75 Å². The van der Waals surface area contributed by atoms with Gasteiger partial charge in [0.15, 0.2) is 0 Å². The third-order valence-corrected chi connectivity index (χ3v) is 4.94. The summed E-state index contributed by atoms with van der Waals surface area (Å²) in [6.45, 7) is 7.57. The van der Waals surface area contributed by atoms with Crippen LogP contribution in [0.25, 0.3) is 11.5 Å². The average Bonchev–Trinajstić information content (AvgIpc) is 3.19. The molecular formula is C19H23N3O2S. The normalized spacial score (nSPS) is 11.3. The fourth-order valence-corrected chi connectivity index (χ4v) is 3.50. The predicted octanol–water partition coefficient (Wildman–Crippen LogP) is 4.36. The zero-order chi connectivity index (χ0) is 18.0. The number of hydrogen-bond acceptors (Lipinski definition) is 6.